The van der Waals surface area contributed by atoms with Crippen molar-refractivity contribution in [1.29, 1.82) is 0 Å². The maximum absolute atomic E-state index is 12.4. The molecule has 0 radical (unpaired) electrons. The highest BCUT2D eigenvalue weighted by Crippen LogP contribution is 2.28. The molecule has 0 spiro atoms. The van der Waals surface area contributed by atoms with E-state index in [9.17, 15) is 13.2 Å². The number of carbonyl (C=O) groups is 1. The summed E-state index contributed by atoms with van der Waals surface area (Å²) in [7, 11) is -3.81. The van der Waals surface area contributed by atoms with Crippen LogP contribution < -0.4 is 4.72 Å². The van der Waals surface area contributed by atoms with Crippen LogP contribution in [0.3, 0.4) is 0 Å². The van der Waals surface area contributed by atoms with Crippen molar-refractivity contribution in [2.24, 2.45) is 0 Å². The van der Waals surface area contributed by atoms with Gasteiger partial charge in [0.05, 0.1) is 0 Å². The molecule has 3 aromatic rings. The number of sulfonamides is 1. The van der Waals surface area contributed by atoms with E-state index in [1.165, 1.54) is 6.07 Å². The minimum absolute atomic E-state index is 0.0134. The molecule has 0 amide bonds. The minimum Gasteiger partial charge on any atom is -0.477 e. The van der Waals surface area contributed by atoms with E-state index in [2.05, 4.69) is 4.72 Å². The van der Waals surface area contributed by atoms with Crippen LogP contribution in [-0.4, -0.2) is 19.5 Å². The van der Waals surface area contributed by atoms with Gasteiger partial charge in [-0.3, -0.25) is 4.72 Å². The van der Waals surface area contributed by atoms with E-state index in [0.29, 0.717) is 11.3 Å². The third-order valence-electron chi connectivity index (χ3n) is 3.36. The Labute approximate surface area is 137 Å². The van der Waals surface area contributed by atoms with Gasteiger partial charge in [-0.05, 0) is 41.5 Å². The highest BCUT2D eigenvalue weighted by atomic mass is 32.2. The minimum atomic E-state index is -3.81. The number of hydrogen-bond donors (Lipinski definition) is 2. The van der Waals surface area contributed by atoms with Gasteiger partial charge in [-0.25, -0.2) is 13.2 Å². The summed E-state index contributed by atoms with van der Waals surface area (Å²) in [6, 6.07) is 14.2. The van der Waals surface area contributed by atoms with E-state index in [0.717, 1.165) is 22.1 Å². The summed E-state index contributed by atoms with van der Waals surface area (Å²) in [5.74, 6) is -1.13. The second-order valence-corrected chi connectivity index (χ2v) is 8.01. The number of aromatic carboxylic acids is 1. The Morgan fingerprint density at radius 1 is 1.09 bits per heavy atom. The quantitative estimate of drug-likeness (QED) is 0.753. The zero-order valence-corrected chi connectivity index (χ0v) is 13.7. The topological polar surface area (TPSA) is 83.5 Å². The molecule has 3 rings (SSSR count). The first-order chi connectivity index (χ1) is 10.9. The van der Waals surface area contributed by atoms with Gasteiger partial charge in [0.15, 0.2) is 0 Å². The predicted octanol–water partition coefficient (Wildman–Crippen LogP) is 3.71. The number of aryl methyl sites for hydroxylation is 1. The standard InChI is InChI=1S/C16H13NO4S2/c1-10-8-14(22-15(10)16(18)19)23(20,21)17-13-7-6-11-4-2-3-5-12(11)9-13/h2-9,17H,1H3,(H,18,19). The first kappa shape index (κ1) is 15.5. The highest BCUT2D eigenvalue weighted by molar-refractivity contribution is 7.94. The summed E-state index contributed by atoms with van der Waals surface area (Å²) in [5, 5.41) is 11.0. The van der Waals surface area contributed by atoms with Gasteiger partial charge in [0.25, 0.3) is 10.0 Å². The van der Waals surface area contributed by atoms with Gasteiger partial charge in [0.2, 0.25) is 0 Å². The Kier molecular flexibility index (Phi) is 3.83. The third-order valence-corrected chi connectivity index (χ3v) is 6.44. The lowest BCUT2D eigenvalue weighted by Crippen LogP contribution is -2.11. The summed E-state index contributed by atoms with van der Waals surface area (Å²) >= 11 is 0.747. The van der Waals surface area contributed by atoms with E-state index in [-0.39, 0.29) is 9.09 Å². The molecule has 0 saturated carbocycles. The second kappa shape index (κ2) is 5.68. The van der Waals surface area contributed by atoms with E-state index in [1.807, 2.05) is 30.3 Å². The van der Waals surface area contributed by atoms with E-state index < -0.39 is 16.0 Å². The number of nitrogens with one attached hydrogen (secondary N) is 1. The molecular formula is C16H13NO4S2. The van der Waals surface area contributed by atoms with Gasteiger partial charge >= 0.3 is 5.97 Å². The number of thiophene rings is 1. The summed E-state index contributed by atoms with van der Waals surface area (Å²) in [5.41, 5.74) is 0.869. The molecule has 0 atom stereocenters. The number of anilines is 1. The van der Waals surface area contributed by atoms with E-state index >= 15 is 0 Å². The molecule has 0 saturated heterocycles. The SMILES string of the molecule is Cc1cc(S(=O)(=O)Nc2ccc3ccccc3c2)sc1C(=O)O. The van der Waals surface area contributed by atoms with Gasteiger partial charge < -0.3 is 5.11 Å². The number of hydrogen-bond acceptors (Lipinski definition) is 4. The summed E-state index contributed by atoms with van der Waals surface area (Å²) in [6.07, 6.45) is 0. The van der Waals surface area contributed by atoms with Crippen molar-refractivity contribution in [3.05, 3.63) is 59.0 Å². The molecule has 0 bridgehead atoms. The van der Waals surface area contributed by atoms with Crippen LogP contribution in [0.25, 0.3) is 10.8 Å². The monoisotopic (exact) mass is 347 g/mol. The van der Waals surface area contributed by atoms with E-state index in [4.69, 9.17) is 5.11 Å². The van der Waals surface area contributed by atoms with Crippen LogP contribution in [0, 0.1) is 6.92 Å². The van der Waals surface area contributed by atoms with Crippen LogP contribution in [-0.2, 0) is 10.0 Å². The molecule has 1 heterocycles. The smallest absolute Gasteiger partial charge is 0.346 e. The van der Waals surface area contributed by atoms with Gasteiger partial charge in [-0.1, -0.05) is 30.3 Å². The second-order valence-electron chi connectivity index (χ2n) is 5.05. The molecule has 5 nitrogen and oxygen atoms in total. The van der Waals surface area contributed by atoms with Gasteiger partial charge in [0.1, 0.15) is 9.09 Å². The van der Waals surface area contributed by atoms with Gasteiger partial charge in [-0.15, -0.1) is 11.3 Å². The van der Waals surface area contributed by atoms with Crippen molar-refractivity contribution < 1.29 is 18.3 Å². The van der Waals surface area contributed by atoms with Crippen molar-refractivity contribution in [1.82, 2.24) is 0 Å². The molecule has 1 aromatic heterocycles. The first-order valence-corrected chi connectivity index (χ1v) is 9.02. The Balaban J connectivity index is 1.96. The van der Waals surface area contributed by atoms with Gasteiger partial charge in [0, 0.05) is 5.69 Å². The Morgan fingerprint density at radius 2 is 1.78 bits per heavy atom. The van der Waals surface area contributed by atoms with Crippen LogP contribution in [0.15, 0.2) is 52.7 Å². The van der Waals surface area contributed by atoms with Crippen molar-refractivity contribution in [3.63, 3.8) is 0 Å². The molecule has 0 aliphatic carbocycles. The van der Waals surface area contributed by atoms with Gasteiger partial charge in [-0.2, -0.15) is 0 Å². The van der Waals surface area contributed by atoms with E-state index in [1.54, 1.807) is 19.1 Å². The lowest BCUT2D eigenvalue weighted by Gasteiger charge is -2.07. The maximum Gasteiger partial charge on any atom is 0.346 e. The predicted molar refractivity (Wildman–Crippen MR) is 90.8 cm³/mol. The van der Waals surface area contributed by atoms with Crippen LogP contribution in [0.4, 0.5) is 5.69 Å². The van der Waals surface area contributed by atoms with Crippen molar-refractivity contribution in [3.8, 4) is 0 Å². The Morgan fingerprint density at radius 3 is 2.43 bits per heavy atom. The fourth-order valence-corrected chi connectivity index (χ4v) is 4.68. The van der Waals surface area contributed by atoms with Crippen molar-refractivity contribution in [2.75, 3.05) is 4.72 Å². The normalized spacial score (nSPS) is 11.5. The number of carboxylic acid groups (broad SMARTS) is 1. The van der Waals surface area contributed by atoms with Crippen LogP contribution in [0.2, 0.25) is 0 Å². The average molecular weight is 347 g/mol. The molecule has 0 unspecified atom stereocenters. The summed E-state index contributed by atoms with van der Waals surface area (Å²) in [4.78, 5) is 11.1. The molecule has 23 heavy (non-hydrogen) atoms. The molecule has 2 N–H and O–H groups in total. The number of benzene rings is 2. The highest BCUT2D eigenvalue weighted by Gasteiger charge is 2.21. The number of carboxylic acids is 1. The largest absolute Gasteiger partial charge is 0.477 e. The zero-order valence-electron chi connectivity index (χ0n) is 12.1. The zero-order chi connectivity index (χ0) is 16.6. The molecule has 0 fully saturated rings. The fraction of sp³-hybridized carbons (Fsp3) is 0.0625. The van der Waals surface area contributed by atoms with Crippen LogP contribution in [0.1, 0.15) is 15.2 Å². The summed E-state index contributed by atoms with van der Waals surface area (Å²) < 4.78 is 27.3. The Bertz CT molecular complexity index is 1010. The molecule has 118 valence electrons. The lowest BCUT2D eigenvalue weighted by molar-refractivity contribution is 0.0701. The molecule has 2 aromatic carbocycles. The Hall–Kier alpha value is -2.38. The summed E-state index contributed by atoms with van der Waals surface area (Å²) in [6.45, 7) is 1.58. The van der Waals surface area contributed by atoms with Crippen molar-refractivity contribution >= 4 is 43.8 Å². The molecule has 7 heteroatoms. The number of fused-ring (bicyclic) bond motifs is 1. The molecular weight excluding hydrogens is 334 g/mol. The number of rotatable bonds is 4. The molecule has 0 aliphatic rings. The first-order valence-electron chi connectivity index (χ1n) is 6.72. The molecule has 0 aliphatic heterocycles. The van der Waals surface area contributed by atoms with Crippen molar-refractivity contribution in [2.45, 2.75) is 11.1 Å². The fourth-order valence-electron chi connectivity index (χ4n) is 2.26. The lowest BCUT2D eigenvalue weighted by atomic mass is 10.1. The van der Waals surface area contributed by atoms with Crippen LogP contribution in [0.5, 0.6) is 0 Å². The average Bonchev–Trinajstić information content (AvgIpc) is 2.90. The third kappa shape index (κ3) is 3.06. The van der Waals surface area contributed by atoms with Crippen LogP contribution >= 0.6 is 11.3 Å². The maximum atomic E-state index is 12.4.